The molecule has 4 heterocycles. The zero-order chi connectivity index (χ0) is 35.6. The third-order valence-electron chi connectivity index (χ3n) is 9.76. The topological polar surface area (TPSA) is 74.4 Å². The molecule has 8 rings (SSSR count). The van der Waals surface area contributed by atoms with Gasteiger partial charge in [-0.1, -0.05) is 122 Å². The van der Waals surface area contributed by atoms with Gasteiger partial charge in [0.05, 0.1) is 17.1 Å². The van der Waals surface area contributed by atoms with E-state index in [1.807, 2.05) is 60.7 Å². The number of rotatable bonds is 6. The van der Waals surface area contributed by atoms with E-state index in [0.717, 1.165) is 102 Å². The van der Waals surface area contributed by atoms with E-state index in [1.54, 1.807) is 6.92 Å². The molecule has 7 aromatic rings. The molecular weight excluding hydrogens is 637 g/mol. The summed E-state index contributed by atoms with van der Waals surface area (Å²) >= 11 is 0. The van der Waals surface area contributed by atoms with Gasteiger partial charge in [-0.2, -0.15) is 0 Å². The molecule has 6 bridgehead atoms. The van der Waals surface area contributed by atoms with Gasteiger partial charge in [0.15, 0.2) is 5.78 Å². The lowest BCUT2D eigenvalue weighted by Gasteiger charge is -2.09. The van der Waals surface area contributed by atoms with Crippen LogP contribution in [0.3, 0.4) is 0 Å². The number of hydrogen-bond donors (Lipinski definition) is 2. The monoisotopic (exact) mass is 674 g/mol. The van der Waals surface area contributed by atoms with Crippen LogP contribution in [0.2, 0.25) is 0 Å². The Morgan fingerprint density at radius 3 is 1.40 bits per heavy atom. The van der Waals surface area contributed by atoms with E-state index in [1.165, 1.54) is 0 Å². The summed E-state index contributed by atoms with van der Waals surface area (Å²) < 4.78 is 0. The van der Waals surface area contributed by atoms with Crippen LogP contribution in [0.5, 0.6) is 0 Å². The van der Waals surface area contributed by atoms with Crippen LogP contribution in [0.4, 0.5) is 0 Å². The molecule has 3 aromatic heterocycles. The number of benzene rings is 4. The minimum Gasteiger partial charge on any atom is -0.354 e. The highest BCUT2D eigenvalue weighted by Crippen LogP contribution is 2.36. The Hall–Kier alpha value is -6.59. The molecule has 52 heavy (non-hydrogen) atoms. The third kappa shape index (κ3) is 6.18. The molecule has 4 aromatic carbocycles. The van der Waals surface area contributed by atoms with Crippen molar-refractivity contribution in [3.05, 3.63) is 174 Å². The number of carbonyl (C=O) groups excluding carboxylic acids is 1. The average Bonchev–Trinajstić information content (AvgIpc) is 3.96. The van der Waals surface area contributed by atoms with Crippen LogP contribution in [-0.4, -0.2) is 25.7 Å². The van der Waals surface area contributed by atoms with Crippen molar-refractivity contribution < 1.29 is 4.79 Å². The largest absolute Gasteiger partial charge is 0.354 e. The second kappa shape index (κ2) is 14.0. The summed E-state index contributed by atoms with van der Waals surface area (Å²) in [6, 6.07) is 47.7. The molecule has 1 aliphatic heterocycles. The average molecular weight is 675 g/mol. The molecule has 0 fully saturated rings. The lowest BCUT2D eigenvalue weighted by molar-refractivity contribution is 0.101. The van der Waals surface area contributed by atoms with Crippen LogP contribution in [0, 0.1) is 6.92 Å². The van der Waals surface area contributed by atoms with Gasteiger partial charge in [-0.3, -0.25) is 14.8 Å². The minimum absolute atomic E-state index is 0.0380. The number of ketones is 1. The Bertz CT molecular complexity index is 2600. The van der Waals surface area contributed by atoms with Gasteiger partial charge >= 0.3 is 0 Å². The Morgan fingerprint density at radius 1 is 0.538 bits per heavy atom. The van der Waals surface area contributed by atoms with Gasteiger partial charge < -0.3 is 9.97 Å². The first kappa shape index (κ1) is 32.6. The number of hydrogen-bond acceptors (Lipinski definition) is 3. The van der Waals surface area contributed by atoms with Crippen molar-refractivity contribution in [1.29, 1.82) is 0 Å². The Morgan fingerprint density at radius 2 is 0.942 bits per heavy atom. The van der Waals surface area contributed by atoms with Crippen LogP contribution in [-0.2, 0) is 12.8 Å². The standard InChI is InChI=1S/C47H38N4O/c1-4-37-45(34-16-10-6-11-17-34)39-26-27-42(50-39)47(36-22-20-32(21-23-36)31(3)52)43-29-28-41(51-43)46(35-18-12-7-13-19-35)40-25-24-38(49-40)44(30(2)48-37)33-14-8-5-9-15-33/h4-27,49-50H,1,28-29H2,2-3H3. The van der Waals surface area contributed by atoms with Gasteiger partial charge in [-0.05, 0) is 79.3 Å². The molecule has 252 valence electrons. The van der Waals surface area contributed by atoms with Crippen LogP contribution in [0.1, 0.15) is 40.1 Å². The van der Waals surface area contributed by atoms with Gasteiger partial charge in [0.2, 0.25) is 0 Å². The van der Waals surface area contributed by atoms with Crippen molar-refractivity contribution in [2.75, 3.05) is 0 Å². The number of aromatic nitrogens is 4. The highest BCUT2D eigenvalue weighted by atomic mass is 16.1. The van der Waals surface area contributed by atoms with E-state index in [4.69, 9.17) is 9.97 Å². The van der Waals surface area contributed by atoms with E-state index < -0.39 is 0 Å². The minimum atomic E-state index is 0.0380. The number of H-pyrrole nitrogens is 2. The Kier molecular flexibility index (Phi) is 8.76. The number of Topliss-reactive ketones (excluding diaryl/α,β-unsaturated/α-hetero) is 1. The molecule has 0 spiro atoms. The summed E-state index contributed by atoms with van der Waals surface area (Å²) in [5.74, 6) is 0.0380. The Labute approximate surface area is 303 Å². The first-order valence-corrected chi connectivity index (χ1v) is 17.6. The molecule has 0 atom stereocenters. The molecule has 2 N–H and O–H groups in total. The van der Waals surface area contributed by atoms with E-state index in [0.29, 0.717) is 5.56 Å². The van der Waals surface area contributed by atoms with E-state index in [-0.39, 0.29) is 5.78 Å². The maximum absolute atomic E-state index is 12.2. The zero-order valence-electron chi connectivity index (χ0n) is 29.3. The quantitative estimate of drug-likeness (QED) is 0.172. The lowest BCUT2D eigenvalue weighted by Crippen LogP contribution is -1.93. The van der Waals surface area contributed by atoms with Crippen molar-refractivity contribution in [3.63, 3.8) is 0 Å². The zero-order valence-corrected chi connectivity index (χ0v) is 29.3. The summed E-state index contributed by atoms with van der Waals surface area (Å²) in [7, 11) is 0. The van der Waals surface area contributed by atoms with Gasteiger partial charge in [0, 0.05) is 55.6 Å². The fourth-order valence-corrected chi connectivity index (χ4v) is 7.33. The number of nitrogens with zero attached hydrogens (tertiary/aromatic N) is 2. The maximum Gasteiger partial charge on any atom is 0.159 e. The van der Waals surface area contributed by atoms with Crippen molar-refractivity contribution >= 4 is 33.9 Å². The summed E-state index contributed by atoms with van der Waals surface area (Å²) in [5, 5.41) is 0. The van der Waals surface area contributed by atoms with Crippen molar-refractivity contribution in [3.8, 4) is 44.5 Å². The van der Waals surface area contributed by atoms with Gasteiger partial charge in [-0.15, -0.1) is 0 Å². The maximum atomic E-state index is 12.2. The Balaban J connectivity index is 1.57. The fraction of sp³-hybridized carbons (Fsp3) is 0.0851. The number of carbonyl (C=O) groups is 1. The molecule has 5 nitrogen and oxygen atoms in total. The molecular formula is C47H38N4O. The van der Waals surface area contributed by atoms with Crippen LogP contribution in [0.15, 0.2) is 146 Å². The van der Waals surface area contributed by atoms with E-state index in [2.05, 4.69) is 108 Å². The molecule has 0 aliphatic carbocycles. The first-order chi connectivity index (χ1) is 25.5. The normalized spacial score (nSPS) is 11.7. The summed E-state index contributed by atoms with van der Waals surface area (Å²) in [5.41, 5.74) is 16.3. The second-order valence-corrected chi connectivity index (χ2v) is 13.1. The molecule has 0 amide bonds. The molecule has 0 unspecified atom stereocenters. The first-order valence-electron chi connectivity index (χ1n) is 17.6. The summed E-state index contributed by atoms with van der Waals surface area (Å²) in [4.78, 5) is 30.6. The van der Waals surface area contributed by atoms with Crippen molar-refractivity contribution in [1.82, 2.24) is 19.9 Å². The smallest absolute Gasteiger partial charge is 0.159 e. The second-order valence-electron chi connectivity index (χ2n) is 13.1. The highest BCUT2D eigenvalue weighted by molar-refractivity contribution is 5.96. The van der Waals surface area contributed by atoms with Crippen molar-refractivity contribution in [2.45, 2.75) is 26.7 Å². The molecule has 0 saturated heterocycles. The predicted octanol–water partition coefficient (Wildman–Crippen LogP) is 11.6. The fourth-order valence-electron chi connectivity index (χ4n) is 7.33. The van der Waals surface area contributed by atoms with Crippen LogP contribution < -0.4 is 0 Å². The summed E-state index contributed by atoms with van der Waals surface area (Å²) in [6.07, 6.45) is 3.38. The third-order valence-corrected chi connectivity index (χ3v) is 9.76. The van der Waals surface area contributed by atoms with Gasteiger partial charge in [0.25, 0.3) is 0 Å². The van der Waals surface area contributed by atoms with Crippen molar-refractivity contribution in [2.24, 2.45) is 0 Å². The predicted molar refractivity (Wildman–Crippen MR) is 215 cm³/mol. The molecule has 0 radical (unpaired) electrons. The lowest BCUT2D eigenvalue weighted by atomic mass is 9.99. The highest BCUT2D eigenvalue weighted by Gasteiger charge is 2.20. The SMILES string of the molecule is C=Cc1nc(C)c(-c2ccccc2)c2ccc([nH]2)c(-c2ccccc2)c2nc(c(-c3ccc(C(C)=O)cc3)c3ccc([nH]3)c1-c1ccccc1)CC2. The number of aromatic amines is 2. The van der Waals surface area contributed by atoms with Gasteiger partial charge in [0.1, 0.15) is 0 Å². The number of nitrogens with one attached hydrogen (secondary N) is 2. The number of fused-ring (bicyclic) bond motifs is 6. The molecule has 0 saturated carbocycles. The van der Waals surface area contributed by atoms with Crippen LogP contribution >= 0.6 is 0 Å². The van der Waals surface area contributed by atoms with E-state index in [9.17, 15) is 4.79 Å². The molecule has 5 heteroatoms. The number of aryl methyl sites for hydroxylation is 3. The van der Waals surface area contributed by atoms with Gasteiger partial charge in [-0.25, -0.2) is 0 Å². The van der Waals surface area contributed by atoms with Crippen LogP contribution in [0.25, 0.3) is 72.7 Å². The van der Waals surface area contributed by atoms with E-state index >= 15 is 0 Å². The molecule has 1 aliphatic rings. The summed E-state index contributed by atoms with van der Waals surface area (Å²) in [6.45, 7) is 7.93.